The second-order valence-corrected chi connectivity index (χ2v) is 4.63. The topological polar surface area (TPSA) is 117 Å². The maximum absolute atomic E-state index is 11.5. The highest BCUT2D eigenvalue weighted by Gasteiger charge is 2.14. The fourth-order valence-corrected chi connectivity index (χ4v) is 2.01. The van der Waals surface area contributed by atoms with E-state index in [9.17, 15) is 4.79 Å². The van der Waals surface area contributed by atoms with Crippen molar-refractivity contribution >= 4 is 23.5 Å². The number of nitrogens with two attached hydrogens (primary N) is 1. The van der Waals surface area contributed by atoms with Gasteiger partial charge in [-0.1, -0.05) is 16.9 Å². The minimum Gasteiger partial charge on any atom is -0.462 e. The number of thioether (sulfide) groups is 1. The van der Waals surface area contributed by atoms with Crippen LogP contribution in [0.2, 0.25) is 0 Å². The van der Waals surface area contributed by atoms with Crippen molar-refractivity contribution in [3.8, 4) is 0 Å². The third-order valence-corrected chi connectivity index (χ3v) is 3.05. The molecule has 20 heavy (non-hydrogen) atoms. The minimum absolute atomic E-state index is 0.0882. The molecule has 2 N–H and O–H groups in total. The number of nitrogens with zero attached hydrogens (tertiary/aromatic N) is 4. The molecular formula is C11H13N5O3S. The Morgan fingerprint density at radius 1 is 1.50 bits per heavy atom. The van der Waals surface area contributed by atoms with E-state index >= 15 is 0 Å². The summed E-state index contributed by atoms with van der Waals surface area (Å²) in [4.78, 5) is 23.7. The van der Waals surface area contributed by atoms with Crippen LogP contribution in [0, 0.1) is 6.92 Å². The molecule has 0 aliphatic rings. The van der Waals surface area contributed by atoms with Crippen molar-refractivity contribution in [1.82, 2.24) is 20.1 Å². The summed E-state index contributed by atoms with van der Waals surface area (Å²) in [5, 5.41) is 4.18. The average molecular weight is 295 g/mol. The van der Waals surface area contributed by atoms with E-state index in [1.165, 1.54) is 18.0 Å². The summed E-state index contributed by atoms with van der Waals surface area (Å²) in [6.45, 7) is 3.70. The zero-order valence-electron chi connectivity index (χ0n) is 11.0. The van der Waals surface area contributed by atoms with Crippen LogP contribution in [0.1, 0.15) is 29.0 Å². The maximum Gasteiger partial charge on any atom is 0.343 e. The van der Waals surface area contributed by atoms with Crippen LogP contribution in [0.5, 0.6) is 0 Å². The van der Waals surface area contributed by atoms with Crippen LogP contribution < -0.4 is 5.73 Å². The number of hydrogen-bond acceptors (Lipinski definition) is 9. The van der Waals surface area contributed by atoms with E-state index in [-0.39, 0.29) is 18.0 Å². The zero-order chi connectivity index (χ0) is 14.5. The van der Waals surface area contributed by atoms with E-state index in [1.54, 1.807) is 13.8 Å². The van der Waals surface area contributed by atoms with Crippen molar-refractivity contribution in [3.63, 3.8) is 0 Å². The van der Waals surface area contributed by atoms with Crippen LogP contribution in [0.3, 0.4) is 0 Å². The van der Waals surface area contributed by atoms with Gasteiger partial charge in [-0.2, -0.15) is 4.98 Å². The van der Waals surface area contributed by atoms with Crippen molar-refractivity contribution in [3.05, 3.63) is 23.5 Å². The monoisotopic (exact) mass is 295 g/mol. The zero-order valence-corrected chi connectivity index (χ0v) is 11.8. The molecule has 2 aromatic heterocycles. The molecule has 0 aromatic carbocycles. The molecule has 0 amide bonds. The molecule has 9 heteroatoms. The molecule has 0 unspecified atom stereocenters. The lowest BCUT2D eigenvalue weighted by molar-refractivity contribution is 0.0526. The van der Waals surface area contributed by atoms with E-state index in [1.807, 2.05) is 0 Å². The molecule has 0 fully saturated rings. The number of aryl methyl sites for hydroxylation is 1. The first-order chi connectivity index (χ1) is 9.60. The number of anilines is 1. The number of esters is 1. The largest absolute Gasteiger partial charge is 0.462 e. The third-order valence-electron chi connectivity index (χ3n) is 2.19. The molecule has 0 radical (unpaired) electrons. The second-order valence-electron chi connectivity index (χ2n) is 3.69. The van der Waals surface area contributed by atoms with Crippen molar-refractivity contribution in [2.24, 2.45) is 0 Å². The number of nitrogen functional groups attached to an aromatic ring is 1. The molecule has 2 rings (SSSR count). The second kappa shape index (κ2) is 6.33. The van der Waals surface area contributed by atoms with Crippen molar-refractivity contribution in [2.75, 3.05) is 12.3 Å². The molecule has 2 aromatic rings. The lowest BCUT2D eigenvalue weighted by Crippen LogP contribution is -2.10. The van der Waals surface area contributed by atoms with Gasteiger partial charge >= 0.3 is 5.97 Å². The van der Waals surface area contributed by atoms with E-state index in [0.29, 0.717) is 22.6 Å². The smallest absolute Gasteiger partial charge is 0.343 e. The Kier molecular flexibility index (Phi) is 4.51. The van der Waals surface area contributed by atoms with Gasteiger partial charge in [0, 0.05) is 13.1 Å². The van der Waals surface area contributed by atoms with Gasteiger partial charge in [0.2, 0.25) is 5.89 Å². The Morgan fingerprint density at radius 2 is 2.30 bits per heavy atom. The number of carbonyl (C=O) groups is 1. The van der Waals surface area contributed by atoms with Crippen LogP contribution >= 0.6 is 11.8 Å². The Balaban J connectivity index is 2.03. The average Bonchev–Trinajstić information content (AvgIpc) is 2.82. The van der Waals surface area contributed by atoms with Crippen LogP contribution in [-0.2, 0) is 10.5 Å². The number of ether oxygens (including phenoxy) is 1. The standard InChI is InChI=1S/C11H13N5O3S/c1-3-18-10(17)7-4-13-11(15-9(7)12)20-5-8-14-6(2)19-16-8/h4H,3,5H2,1-2H3,(H2,12,13,15). The van der Waals surface area contributed by atoms with Gasteiger partial charge in [0.1, 0.15) is 11.4 Å². The number of aromatic nitrogens is 4. The number of carbonyl (C=O) groups excluding carboxylic acids is 1. The van der Waals surface area contributed by atoms with Gasteiger partial charge < -0.3 is 15.0 Å². The summed E-state index contributed by atoms with van der Waals surface area (Å²) in [6, 6.07) is 0. The first-order valence-corrected chi connectivity index (χ1v) is 6.80. The molecule has 0 aliphatic carbocycles. The lowest BCUT2D eigenvalue weighted by Gasteiger charge is -2.05. The van der Waals surface area contributed by atoms with E-state index in [0.717, 1.165) is 0 Å². The Hall–Kier alpha value is -2.16. The highest BCUT2D eigenvalue weighted by Crippen LogP contribution is 2.20. The highest BCUT2D eigenvalue weighted by molar-refractivity contribution is 7.98. The fraction of sp³-hybridized carbons (Fsp3) is 0.364. The van der Waals surface area contributed by atoms with Crippen molar-refractivity contribution < 1.29 is 14.1 Å². The third kappa shape index (κ3) is 3.44. The van der Waals surface area contributed by atoms with Gasteiger partial charge in [-0.05, 0) is 6.92 Å². The van der Waals surface area contributed by atoms with Crippen molar-refractivity contribution in [1.29, 1.82) is 0 Å². The lowest BCUT2D eigenvalue weighted by atomic mass is 10.3. The molecule has 0 saturated heterocycles. The first-order valence-electron chi connectivity index (χ1n) is 5.81. The molecular weight excluding hydrogens is 282 g/mol. The maximum atomic E-state index is 11.5. The summed E-state index contributed by atoms with van der Waals surface area (Å²) >= 11 is 1.30. The predicted octanol–water partition coefficient (Wildman–Crippen LogP) is 1.22. The normalized spacial score (nSPS) is 10.5. The van der Waals surface area contributed by atoms with Crippen molar-refractivity contribution in [2.45, 2.75) is 24.8 Å². The van der Waals surface area contributed by atoms with E-state index in [4.69, 9.17) is 15.0 Å². The summed E-state index contributed by atoms with van der Waals surface area (Å²) in [5.41, 5.74) is 5.87. The van der Waals surface area contributed by atoms with Gasteiger partial charge in [-0.25, -0.2) is 14.8 Å². The minimum atomic E-state index is -0.532. The molecule has 0 saturated carbocycles. The number of hydrogen-bond donors (Lipinski definition) is 1. The van der Waals surface area contributed by atoms with Gasteiger partial charge in [-0.15, -0.1) is 0 Å². The van der Waals surface area contributed by atoms with Crippen LogP contribution in [0.15, 0.2) is 15.9 Å². The molecule has 0 spiro atoms. The van der Waals surface area contributed by atoms with E-state index in [2.05, 4.69) is 20.1 Å². The first kappa shape index (κ1) is 14.3. The molecule has 0 atom stereocenters. The summed E-state index contributed by atoms with van der Waals surface area (Å²) in [5.74, 6) is 1.05. The fourth-order valence-electron chi connectivity index (χ4n) is 1.34. The van der Waals surface area contributed by atoms with Gasteiger partial charge in [-0.3, -0.25) is 0 Å². The van der Waals surface area contributed by atoms with E-state index < -0.39 is 5.97 Å². The van der Waals surface area contributed by atoms with Gasteiger partial charge in [0.05, 0.1) is 12.4 Å². The highest BCUT2D eigenvalue weighted by atomic mass is 32.2. The summed E-state index contributed by atoms with van der Waals surface area (Å²) < 4.78 is 9.70. The van der Waals surface area contributed by atoms with Crippen LogP contribution in [0.4, 0.5) is 5.82 Å². The molecule has 2 heterocycles. The summed E-state index contributed by atoms with van der Waals surface area (Å²) in [6.07, 6.45) is 1.35. The predicted molar refractivity (Wildman–Crippen MR) is 71.0 cm³/mol. The Morgan fingerprint density at radius 3 is 2.90 bits per heavy atom. The SMILES string of the molecule is CCOC(=O)c1cnc(SCc2noc(C)n2)nc1N. The van der Waals surface area contributed by atoms with Crippen LogP contribution in [0.25, 0.3) is 0 Å². The van der Waals surface area contributed by atoms with Gasteiger partial charge in [0.25, 0.3) is 0 Å². The summed E-state index contributed by atoms with van der Waals surface area (Å²) in [7, 11) is 0. The molecule has 0 bridgehead atoms. The quantitative estimate of drug-likeness (QED) is 0.493. The Labute approximate surface area is 119 Å². The Bertz CT molecular complexity index is 616. The molecule has 106 valence electrons. The van der Waals surface area contributed by atoms with Gasteiger partial charge in [0.15, 0.2) is 11.0 Å². The molecule has 8 nitrogen and oxygen atoms in total. The van der Waals surface area contributed by atoms with Crippen LogP contribution in [-0.4, -0.2) is 32.7 Å². The number of rotatable bonds is 5. The molecule has 0 aliphatic heterocycles.